The third-order valence-electron chi connectivity index (χ3n) is 6.68. The van der Waals surface area contributed by atoms with Gasteiger partial charge in [-0.3, -0.25) is 18.6 Å². The van der Waals surface area contributed by atoms with Gasteiger partial charge in [0.15, 0.2) is 0 Å². The van der Waals surface area contributed by atoms with Gasteiger partial charge in [-0.15, -0.1) is 0 Å². The maximum absolute atomic E-state index is 12.5. The van der Waals surface area contributed by atoms with Crippen molar-refractivity contribution in [1.29, 1.82) is 0 Å². The Morgan fingerprint density at radius 3 is 0.912 bits per heavy atom. The molecule has 0 heterocycles. The van der Waals surface area contributed by atoms with Crippen LogP contribution in [0, 0.1) is 0 Å². The van der Waals surface area contributed by atoms with Crippen molar-refractivity contribution in [3.63, 3.8) is 0 Å². The highest BCUT2D eigenvalue weighted by Gasteiger charge is 2.39. The Labute approximate surface area is 211 Å². The highest BCUT2D eigenvalue weighted by molar-refractivity contribution is 7.41. The summed E-state index contributed by atoms with van der Waals surface area (Å²) in [7, 11) is -9.26. The summed E-state index contributed by atoms with van der Waals surface area (Å²) in [6, 6.07) is 0. The van der Waals surface area contributed by atoms with E-state index in [1.807, 2.05) is 0 Å². The van der Waals surface area contributed by atoms with Crippen LogP contribution in [-0.2, 0) is 13.7 Å². The molecular formula is C24H54NO6P3. The van der Waals surface area contributed by atoms with Crippen molar-refractivity contribution < 1.29 is 28.4 Å². The molecule has 34 heavy (non-hydrogen) atoms. The van der Waals surface area contributed by atoms with Crippen molar-refractivity contribution in [3.05, 3.63) is 0 Å². The van der Waals surface area contributed by atoms with Crippen molar-refractivity contribution in [1.82, 2.24) is 4.90 Å². The zero-order valence-corrected chi connectivity index (χ0v) is 25.0. The molecule has 3 N–H and O–H groups in total. The molecule has 0 aromatic carbocycles. The van der Waals surface area contributed by atoms with Gasteiger partial charge >= 0.3 is 0 Å². The third-order valence-corrected chi connectivity index (χ3v) is 10.1. The summed E-state index contributed by atoms with van der Waals surface area (Å²) >= 11 is 0. The largest absolute Gasteiger partial charge is 0.345 e. The molecular weight excluding hydrogens is 491 g/mol. The molecule has 0 rings (SSSR count). The lowest BCUT2D eigenvalue weighted by Gasteiger charge is -2.40. The minimum absolute atomic E-state index is 0.418. The van der Waals surface area contributed by atoms with Crippen LogP contribution in [0.4, 0.5) is 0 Å². The van der Waals surface area contributed by atoms with Crippen LogP contribution in [0.3, 0.4) is 0 Å². The van der Waals surface area contributed by atoms with E-state index in [0.29, 0.717) is 19.3 Å². The Kier molecular flexibility index (Phi) is 23.1. The van der Waals surface area contributed by atoms with E-state index in [0.717, 1.165) is 96.3 Å². The fourth-order valence-corrected chi connectivity index (χ4v) is 8.32. The summed E-state index contributed by atoms with van der Waals surface area (Å²) in [5.41, 5.74) is 0. The van der Waals surface area contributed by atoms with Gasteiger partial charge in [0.25, 0.3) is 0 Å². The molecule has 0 amide bonds. The molecule has 0 aromatic rings. The standard InChI is InChI=1S/C24H54NO6P3/c1-4-7-10-13-16-19-22(32(26)27)25(23(33(28)29)20-17-14-11-8-5-2)24(34(30)31)21-18-15-12-9-6-3/h22-24,32-34H,4-21H2,1-3H3,(H,26,27)(H,28,29)(H,30,31). The highest BCUT2D eigenvalue weighted by Crippen LogP contribution is 2.46. The van der Waals surface area contributed by atoms with Crippen LogP contribution in [-0.4, -0.2) is 36.9 Å². The first-order valence-corrected chi connectivity index (χ1v) is 18.1. The Bertz CT molecular complexity index is 491. The summed E-state index contributed by atoms with van der Waals surface area (Å²) < 4.78 is 37.6. The van der Waals surface area contributed by atoms with Crippen LogP contribution in [0.25, 0.3) is 0 Å². The second-order valence-corrected chi connectivity index (χ2v) is 13.6. The van der Waals surface area contributed by atoms with E-state index in [2.05, 4.69) is 20.8 Å². The molecule has 0 aliphatic heterocycles. The minimum atomic E-state index is -3.09. The average Bonchev–Trinajstić information content (AvgIpc) is 2.78. The van der Waals surface area contributed by atoms with E-state index in [9.17, 15) is 28.4 Å². The van der Waals surface area contributed by atoms with E-state index in [1.54, 1.807) is 4.90 Å². The second-order valence-electron chi connectivity index (χ2n) is 9.62. The molecule has 0 bridgehead atoms. The third kappa shape index (κ3) is 15.6. The van der Waals surface area contributed by atoms with E-state index >= 15 is 0 Å². The molecule has 0 spiro atoms. The molecule has 0 radical (unpaired) electrons. The van der Waals surface area contributed by atoms with Gasteiger partial charge in [0.1, 0.15) is 0 Å². The lowest BCUT2D eigenvalue weighted by Crippen LogP contribution is -2.45. The highest BCUT2D eigenvalue weighted by atomic mass is 31.1. The molecule has 0 aromatic heterocycles. The topological polar surface area (TPSA) is 115 Å². The van der Waals surface area contributed by atoms with Gasteiger partial charge in [-0.2, -0.15) is 0 Å². The lowest BCUT2D eigenvalue weighted by atomic mass is 10.1. The molecule has 0 fully saturated rings. The second kappa shape index (κ2) is 22.7. The first kappa shape index (κ1) is 34.5. The van der Waals surface area contributed by atoms with Crippen LogP contribution in [0.2, 0.25) is 0 Å². The predicted molar refractivity (Wildman–Crippen MR) is 147 cm³/mol. The molecule has 10 heteroatoms. The van der Waals surface area contributed by atoms with Crippen LogP contribution in [0.15, 0.2) is 0 Å². The van der Waals surface area contributed by atoms with E-state index in [-0.39, 0.29) is 0 Å². The van der Waals surface area contributed by atoms with E-state index in [1.165, 1.54) is 0 Å². The van der Waals surface area contributed by atoms with Crippen molar-refractivity contribution in [2.75, 3.05) is 0 Å². The first-order valence-electron chi connectivity index (χ1n) is 13.8. The molecule has 206 valence electrons. The molecule has 7 nitrogen and oxygen atoms in total. The van der Waals surface area contributed by atoms with Crippen LogP contribution < -0.4 is 0 Å². The van der Waals surface area contributed by atoms with E-state index < -0.39 is 41.4 Å². The van der Waals surface area contributed by atoms with Gasteiger partial charge in [-0.05, 0) is 19.3 Å². The van der Waals surface area contributed by atoms with Crippen LogP contribution >= 0.6 is 24.1 Å². The van der Waals surface area contributed by atoms with Gasteiger partial charge in [-0.25, -0.2) is 0 Å². The fraction of sp³-hybridized carbons (Fsp3) is 1.00. The summed E-state index contributed by atoms with van der Waals surface area (Å²) in [6.07, 6.45) is 16.0. The summed E-state index contributed by atoms with van der Waals surface area (Å²) in [5.74, 6) is -2.47. The van der Waals surface area contributed by atoms with Crippen molar-refractivity contribution in [2.45, 2.75) is 154 Å². The molecule has 6 atom stereocenters. The normalized spacial score (nSPS) is 17.4. The maximum Gasteiger partial charge on any atom is 0.205 e. The van der Waals surface area contributed by atoms with Gasteiger partial charge in [0, 0.05) is 0 Å². The molecule has 0 saturated heterocycles. The number of hydrogen-bond acceptors (Lipinski definition) is 4. The van der Waals surface area contributed by atoms with Gasteiger partial charge < -0.3 is 14.7 Å². The van der Waals surface area contributed by atoms with Crippen LogP contribution in [0.1, 0.15) is 136 Å². The Balaban J connectivity index is 5.70. The van der Waals surface area contributed by atoms with Gasteiger partial charge in [0.05, 0.1) is 17.3 Å². The molecule has 6 unspecified atom stereocenters. The zero-order chi connectivity index (χ0) is 25.8. The number of unbranched alkanes of at least 4 members (excludes halogenated alkanes) is 12. The Hall–Kier alpha value is 0.530. The van der Waals surface area contributed by atoms with Gasteiger partial charge in [0.2, 0.25) is 24.1 Å². The summed E-state index contributed by atoms with van der Waals surface area (Å²) in [6.45, 7) is 6.39. The minimum Gasteiger partial charge on any atom is -0.345 e. The SMILES string of the molecule is CCCCCCCC(N(C(CCCCCCC)[PH](=O)O)C(CCCCCCC)[PH](=O)O)[PH](=O)O. The Morgan fingerprint density at radius 2 is 0.706 bits per heavy atom. The van der Waals surface area contributed by atoms with Crippen molar-refractivity contribution in [2.24, 2.45) is 0 Å². The fourth-order valence-electron chi connectivity index (χ4n) is 4.68. The van der Waals surface area contributed by atoms with Gasteiger partial charge in [-0.1, -0.05) is 117 Å². The first-order chi connectivity index (χ1) is 16.3. The monoisotopic (exact) mass is 545 g/mol. The van der Waals surface area contributed by atoms with E-state index in [4.69, 9.17) is 0 Å². The summed E-state index contributed by atoms with van der Waals surface area (Å²) in [4.78, 5) is 32.5. The smallest absolute Gasteiger partial charge is 0.205 e. The van der Waals surface area contributed by atoms with Crippen molar-refractivity contribution in [3.8, 4) is 0 Å². The summed E-state index contributed by atoms with van der Waals surface area (Å²) in [5, 5.41) is 0. The average molecular weight is 546 g/mol. The number of nitrogens with zero attached hydrogens (tertiary/aromatic N) is 1. The maximum atomic E-state index is 12.5. The predicted octanol–water partition coefficient (Wildman–Crippen LogP) is 7.75. The lowest BCUT2D eigenvalue weighted by molar-refractivity contribution is 0.158. The quantitative estimate of drug-likeness (QED) is 0.0839. The molecule has 0 saturated carbocycles. The molecule has 0 aliphatic rings. The van der Waals surface area contributed by atoms with Crippen molar-refractivity contribution >= 4 is 24.1 Å². The molecule has 0 aliphatic carbocycles. The Morgan fingerprint density at radius 1 is 0.471 bits per heavy atom. The number of hydrogen-bond donors (Lipinski definition) is 3. The number of rotatable bonds is 24. The van der Waals surface area contributed by atoms with Crippen LogP contribution in [0.5, 0.6) is 0 Å². The zero-order valence-electron chi connectivity index (χ0n) is 22.0.